The van der Waals surface area contributed by atoms with Crippen molar-refractivity contribution in [2.75, 3.05) is 0 Å². The molecule has 0 heteroatoms. The lowest BCUT2D eigenvalue weighted by Crippen LogP contribution is -1.93. The Morgan fingerprint density at radius 3 is 2.05 bits per heavy atom. The summed E-state index contributed by atoms with van der Waals surface area (Å²) in [6.07, 6.45) is 0. The van der Waals surface area contributed by atoms with E-state index in [1.165, 1.54) is 44.2 Å². The molecule has 3 rings (SSSR count). The van der Waals surface area contributed by atoms with Crippen molar-refractivity contribution in [3.63, 3.8) is 0 Å². The SMILES string of the molecule is Cc1cc(C)c(-c2ccc3ccccc3c2C)c(C)c1. The van der Waals surface area contributed by atoms with Gasteiger partial charge in [0.25, 0.3) is 0 Å². The standard InChI is InChI=1S/C20H20/c1-13-11-14(2)20(15(3)12-13)19-10-9-17-7-5-6-8-18(17)16(19)4/h5-12H,1-4H3. The molecule has 20 heavy (non-hydrogen) atoms. The molecule has 0 radical (unpaired) electrons. The Balaban J connectivity index is 2.33. The van der Waals surface area contributed by atoms with Gasteiger partial charge in [0.2, 0.25) is 0 Å². The second kappa shape index (κ2) is 4.79. The third kappa shape index (κ3) is 2.02. The Morgan fingerprint density at radius 1 is 0.700 bits per heavy atom. The molecule has 3 aromatic rings. The summed E-state index contributed by atoms with van der Waals surface area (Å²) in [6, 6.07) is 17.7. The van der Waals surface area contributed by atoms with Gasteiger partial charge in [-0.05, 0) is 66.3 Å². The first kappa shape index (κ1) is 12.9. The Hall–Kier alpha value is -2.08. The van der Waals surface area contributed by atoms with E-state index in [9.17, 15) is 0 Å². The summed E-state index contributed by atoms with van der Waals surface area (Å²) >= 11 is 0. The van der Waals surface area contributed by atoms with E-state index in [0.29, 0.717) is 0 Å². The van der Waals surface area contributed by atoms with E-state index >= 15 is 0 Å². The first-order chi connectivity index (χ1) is 9.58. The van der Waals surface area contributed by atoms with Gasteiger partial charge in [0.15, 0.2) is 0 Å². The lowest BCUT2D eigenvalue weighted by atomic mass is 9.89. The topological polar surface area (TPSA) is 0 Å². The van der Waals surface area contributed by atoms with Crippen molar-refractivity contribution in [3.05, 3.63) is 70.8 Å². The van der Waals surface area contributed by atoms with E-state index in [2.05, 4.69) is 76.2 Å². The zero-order valence-corrected chi connectivity index (χ0v) is 12.6. The molecule has 0 saturated carbocycles. The second-order valence-electron chi connectivity index (χ2n) is 5.73. The summed E-state index contributed by atoms with van der Waals surface area (Å²) in [5.41, 5.74) is 8.18. The number of hydrogen-bond donors (Lipinski definition) is 0. The molecule has 0 fully saturated rings. The van der Waals surface area contributed by atoms with E-state index in [4.69, 9.17) is 0 Å². The molecule has 0 heterocycles. The summed E-state index contributed by atoms with van der Waals surface area (Å²) in [4.78, 5) is 0. The van der Waals surface area contributed by atoms with Crippen molar-refractivity contribution < 1.29 is 0 Å². The average molecular weight is 260 g/mol. The highest BCUT2D eigenvalue weighted by atomic mass is 14.1. The molecule has 0 aliphatic heterocycles. The van der Waals surface area contributed by atoms with Crippen molar-refractivity contribution >= 4 is 10.8 Å². The summed E-state index contributed by atoms with van der Waals surface area (Å²) in [5, 5.41) is 2.67. The molecule has 0 amide bonds. The molecule has 0 atom stereocenters. The maximum atomic E-state index is 2.27. The Kier molecular flexibility index (Phi) is 3.10. The highest BCUT2D eigenvalue weighted by molar-refractivity contribution is 5.92. The number of benzene rings is 3. The van der Waals surface area contributed by atoms with Crippen molar-refractivity contribution in [2.24, 2.45) is 0 Å². The fourth-order valence-electron chi connectivity index (χ4n) is 3.30. The van der Waals surface area contributed by atoms with Gasteiger partial charge in [-0.2, -0.15) is 0 Å². The molecule has 0 aliphatic carbocycles. The molecule has 0 saturated heterocycles. The minimum atomic E-state index is 1.32. The molecule has 0 aliphatic rings. The number of rotatable bonds is 1. The van der Waals surface area contributed by atoms with Gasteiger partial charge in [0.1, 0.15) is 0 Å². The minimum absolute atomic E-state index is 1.32. The van der Waals surface area contributed by atoms with Crippen LogP contribution in [-0.2, 0) is 0 Å². The number of hydrogen-bond acceptors (Lipinski definition) is 0. The summed E-state index contributed by atoms with van der Waals surface area (Å²) < 4.78 is 0. The van der Waals surface area contributed by atoms with Crippen LogP contribution >= 0.6 is 0 Å². The summed E-state index contributed by atoms with van der Waals surface area (Å²) in [6.45, 7) is 8.82. The van der Waals surface area contributed by atoms with Gasteiger partial charge >= 0.3 is 0 Å². The van der Waals surface area contributed by atoms with Gasteiger partial charge in [-0.25, -0.2) is 0 Å². The summed E-state index contributed by atoms with van der Waals surface area (Å²) in [7, 11) is 0. The highest BCUT2D eigenvalue weighted by Crippen LogP contribution is 2.34. The molecule has 0 aromatic heterocycles. The van der Waals surface area contributed by atoms with Gasteiger partial charge in [0, 0.05) is 0 Å². The van der Waals surface area contributed by atoms with Gasteiger partial charge in [0.05, 0.1) is 0 Å². The molecule has 0 N–H and O–H groups in total. The van der Waals surface area contributed by atoms with Gasteiger partial charge < -0.3 is 0 Å². The van der Waals surface area contributed by atoms with Crippen LogP contribution in [-0.4, -0.2) is 0 Å². The van der Waals surface area contributed by atoms with Crippen molar-refractivity contribution in [1.82, 2.24) is 0 Å². The van der Waals surface area contributed by atoms with Crippen LogP contribution in [0.4, 0.5) is 0 Å². The van der Waals surface area contributed by atoms with Crippen LogP contribution in [0.3, 0.4) is 0 Å². The Morgan fingerprint density at radius 2 is 1.35 bits per heavy atom. The molecule has 100 valence electrons. The van der Waals surface area contributed by atoms with Crippen LogP contribution in [0.5, 0.6) is 0 Å². The molecule has 0 nitrogen and oxygen atoms in total. The van der Waals surface area contributed by atoms with Crippen LogP contribution in [0.25, 0.3) is 21.9 Å². The summed E-state index contributed by atoms with van der Waals surface area (Å²) in [5.74, 6) is 0. The maximum Gasteiger partial charge on any atom is -0.0122 e. The monoisotopic (exact) mass is 260 g/mol. The second-order valence-corrected chi connectivity index (χ2v) is 5.73. The lowest BCUT2D eigenvalue weighted by Gasteiger charge is -2.15. The molecule has 3 aromatic carbocycles. The highest BCUT2D eigenvalue weighted by Gasteiger charge is 2.10. The van der Waals surface area contributed by atoms with Gasteiger partial charge in [-0.3, -0.25) is 0 Å². The number of fused-ring (bicyclic) bond motifs is 1. The van der Waals surface area contributed by atoms with Crippen LogP contribution in [0.2, 0.25) is 0 Å². The van der Waals surface area contributed by atoms with E-state index in [-0.39, 0.29) is 0 Å². The molecule has 0 bridgehead atoms. The van der Waals surface area contributed by atoms with Crippen LogP contribution in [0.15, 0.2) is 48.5 Å². The van der Waals surface area contributed by atoms with E-state index in [1.807, 2.05) is 0 Å². The first-order valence-electron chi connectivity index (χ1n) is 7.14. The predicted molar refractivity (Wildman–Crippen MR) is 88.3 cm³/mol. The normalized spacial score (nSPS) is 11.0. The molecule has 0 unspecified atom stereocenters. The predicted octanol–water partition coefficient (Wildman–Crippen LogP) is 5.74. The Bertz CT molecular complexity index is 771. The smallest absolute Gasteiger partial charge is 0.0122 e. The zero-order valence-electron chi connectivity index (χ0n) is 12.6. The van der Waals surface area contributed by atoms with Gasteiger partial charge in [-0.15, -0.1) is 0 Å². The van der Waals surface area contributed by atoms with Crippen LogP contribution in [0, 0.1) is 27.7 Å². The minimum Gasteiger partial charge on any atom is -0.0616 e. The van der Waals surface area contributed by atoms with Crippen molar-refractivity contribution in [1.29, 1.82) is 0 Å². The maximum absolute atomic E-state index is 2.27. The largest absolute Gasteiger partial charge is 0.0616 e. The molecular formula is C20H20. The fourth-order valence-corrected chi connectivity index (χ4v) is 3.30. The third-order valence-corrected chi connectivity index (χ3v) is 4.14. The van der Waals surface area contributed by atoms with Crippen LogP contribution < -0.4 is 0 Å². The van der Waals surface area contributed by atoms with Crippen molar-refractivity contribution in [3.8, 4) is 11.1 Å². The van der Waals surface area contributed by atoms with E-state index in [1.54, 1.807) is 0 Å². The van der Waals surface area contributed by atoms with Crippen molar-refractivity contribution in [2.45, 2.75) is 27.7 Å². The molecule has 0 spiro atoms. The van der Waals surface area contributed by atoms with E-state index in [0.717, 1.165) is 0 Å². The van der Waals surface area contributed by atoms with E-state index < -0.39 is 0 Å². The fraction of sp³-hybridized carbons (Fsp3) is 0.200. The lowest BCUT2D eigenvalue weighted by molar-refractivity contribution is 1.31. The third-order valence-electron chi connectivity index (χ3n) is 4.14. The Labute approximate surface area is 121 Å². The number of aryl methyl sites for hydroxylation is 4. The average Bonchev–Trinajstić information content (AvgIpc) is 2.40. The first-order valence-corrected chi connectivity index (χ1v) is 7.14. The van der Waals surface area contributed by atoms with Gasteiger partial charge in [-0.1, -0.05) is 54.1 Å². The molecular weight excluding hydrogens is 240 g/mol. The zero-order chi connectivity index (χ0) is 14.3. The van der Waals surface area contributed by atoms with Crippen LogP contribution in [0.1, 0.15) is 22.3 Å². The quantitative estimate of drug-likeness (QED) is 0.523.